The zero-order valence-electron chi connectivity index (χ0n) is 16.3. The summed E-state index contributed by atoms with van der Waals surface area (Å²) in [5.41, 5.74) is 2.06. The van der Waals surface area contributed by atoms with Gasteiger partial charge >= 0.3 is 0 Å². The number of hydrogen-bond donors (Lipinski definition) is 0. The number of rotatable bonds is 4. The molecule has 0 aliphatic carbocycles. The molecule has 2 aliphatic rings. The Labute approximate surface area is 179 Å². The van der Waals surface area contributed by atoms with Crippen LogP contribution in [-0.4, -0.2) is 44.4 Å². The zero-order chi connectivity index (χ0) is 20.7. The third kappa shape index (κ3) is 3.33. The number of sulfonamides is 1. The normalized spacial score (nSPS) is 20.9. The molecule has 1 saturated heterocycles. The number of anilines is 1. The number of carbonyl (C=O) groups is 1. The van der Waals surface area contributed by atoms with Crippen molar-refractivity contribution in [3.05, 3.63) is 60.2 Å². The largest absolute Gasteiger partial charge is 0.346 e. The van der Waals surface area contributed by atoms with Gasteiger partial charge in [0, 0.05) is 35.1 Å². The molecule has 3 heterocycles. The summed E-state index contributed by atoms with van der Waals surface area (Å²) >= 11 is 1.32. The van der Waals surface area contributed by atoms with Crippen LogP contribution >= 0.6 is 11.3 Å². The second kappa shape index (κ2) is 7.77. The number of benzene rings is 2. The lowest BCUT2D eigenvalue weighted by atomic mass is 10.0. The van der Waals surface area contributed by atoms with E-state index in [0.717, 1.165) is 27.6 Å². The van der Waals surface area contributed by atoms with Crippen LogP contribution < -0.4 is 4.90 Å². The third-order valence-electron chi connectivity index (χ3n) is 5.88. The predicted octanol–water partition coefficient (Wildman–Crippen LogP) is 3.62. The monoisotopic (exact) mass is 442 g/mol. The summed E-state index contributed by atoms with van der Waals surface area (Å²) in [6, 6.07) is 17.5. The van der Waals surface area contributed by atoms with Crippen LogP contribution in [0.1, 0.15) is 18.4 Å². The van der Waals surface area contributed by atoms with Gasteiger partial charge in [-0.3, -0.25) is 4.79 Å². The van der Waals surface area contributed by atoms with E-state index >= 15 is 0 Å². The summed E-state index contributed by atoms with van der Waals surface area (Å²) in [5.74, 6) is 0. The Balaban J connectivity index is 1.36. The van der Waals surface area contributed by atoms with Crippen LogP contribution in [0.4, 0.5) is 5.69 Å². The van der Waals surface area contributed by atoms with Gasteiger partial charge in [0.1, 0.15) is 4.21 Å². The molecule has 1 fully saturated rings. The van der Waals surface area contributed by atoms with Gasteiger partial charge in [0.05, 0.1) is 6.61 Å². The smallest absolute Gasteiger partial charge is 0.252 e. The number of aldehydes is 1. The molecule has 0 spiro atoms. The summed E-state index contributed by atoms with van der Waals surface area (Å²) < 4.78 is 35.1. The number of fused-ring (bicyclic) bond motifs is 2. The first-order chi connectivity index (χ1) is 14.6. The number of carbonyl (C=O) groups excluding carboxylic acids is 1. The van der Waals surface area contributed by atoms with Crippen molar-refractivity contribution in [1.29, 1.82) is 0 Å². The third-order valence-corrected chi connectivity index (χ3v) is 9.35. The minimum absolute atomic E-state index is 0.0514. The number of piperidine rings is 1. The molecule has 3 aromatic rings. The fourth-order valence-electron chi connectivity index (χ4n) is 4.36. The first-order valence-corrected chi connectivity index (χ1v) is 12.3. The van der Waals surface area contributed by atoms with Crippen molar-refractivity contribution in [2.24, 2.45) is 0 Å². The van der Waals surface area contributed by atoms with Gasteiger partial charge in [0.25, 0.3) is 10.0 Å². The lowest BCUT2D eigenvalue weighted by Crippen LogP contribution is -2.53. The maximum Gasteiger partial charge on any atom is 0.252 e. The Morgan fingerprint density at radius 1 is 1.03 bits per heavy atom. The van der Waals surface area contributed by atoms with E-state index < -0.39 is 16.3 Å². The summed E-state index contributed by atoms with van der Waals surface area (Å²) in [6.45, 7) is 1.26. The van der Waals surface area contributed by atoms with Crippen LogP contribution in [0.15, 0.2) is 58.8 Å². The average molecular weight is 443 g/mol. The van der Waals surface area contributed by atoms with Gasteiger partial charge in [-0.2, -0.15) is 4.31 Å². The highest BCUT2D eigenvalue weighted by atomic mass is 32.2. The molecular formula is C22H22N2O4S2. The van der Waals surface area contributed by atoms with Crippen LogP contribution in [0.25, 0.3) is 10.1 Å². The second-order valence-corrected chi connectivity index (χ2v) is 10.9. The molecule has 0 amide bonds. The summed E-state index contributed by atoms with van der Waals surface area (Å²) in [5, 5.41) is 0.951. The minimum Gasteiger partial charge on any atom is -0.346 e. The molecule has 8 heteroatoms. The van der Waals surface area contributed by atoms with Crippen molar-refractivity contribution in [1.82, 2.24) is 4.31 Å². The summed E-state index contributed by atoms with van der Waals surface area (Å²) in [4.78, 5) is 13.7. The van der Waals surface area contributed by atoms with Crippen molar-refractivity contribution in [2.75, 3.05) is 18.0 Å². The van der Waals surface area contributed by atoms with Crippen molar-refractivity contribution < 1.29 is 17.9 Å². The van der Waals surface area contributed by atoms with E-state index in [1.165, 1.54) is 11.3 Å². The molecule has 1 unspecified atom stereocenters. The van der Waals surface area contributed by atoms with Crippen LogP contribution in [-0.2, 0) is 26.2 Å². The number of para-hydroxylation sites is 1. The first-order valence-electron chi connectivity index (χ1n) is 10.00. The van der Waals surface area contributed by atoms with Crippen molar-refractivity contribution in [2.45, 2.75) is 35.9 Å². The molecule has 6 nitrogen and oxygen atoms in total. The molecule has 156 valence electrons. The Hall–Kier alpha value is -2.26. The molecule has 0 bridgehead atoms. The minimum atomic E-state index is -3.53. The van der Waals surface area contributed by atoms with Gasteiger partial charge < -0.3 is 9.64 Å². The Morgan fingerprint density at radius 3 is 2.53 bits per heavy atom. The molecule has 0 saturated carbocycles. The molecular weight excluding hydrogens is 420 g/mol. The molecule has 2 aliphatic heterocycles. The first kappa shape index (κ1) is 19.7. The number of hydrogen-bond acceptors (Lipinski definition) is 6. The van der Waals surface area contributed by atoms with Crippen LogP contribution in [0.3, 0.4) is 0 Å². The van der Waals surface area contributed by atoms with E-state index in [2.05, 4.69) is 0 Å². The lowest BCUT2D eigenvalue weighted by Gasteiger charge is -2.44. The van der Waals surface area contributed by atoms with Gasteiger partial charge in [0.15, 0.2) is 12.5 Å². The van der Waals surface area contributed by atoms with Crippen molar-refractivity contribution in [3.8, 4) is 0 Å². The van der Waals surface area contributed by atoms with Crippen LogP contribution in [0.5, 0.6) is 0 Å². The standard InChI is InChI=1S/C22H22N2O4S2/c25-14-21-24(19-7-3-1-6-17(19)15-28-21)18-9-11-23(12-10-18)30(26,27)22-13-16-5-2-4-8-20(16)29-22/h1-8,13-14,18,21H,9-12,15H2. The molecule has 30 heavy (non-hydrogen) atoms. The zero-order valence-corrected chi connectivity index (χ0v) is 17.9. The number of nitrogens with zero attached hydrogens (tertiary/aromatic N) is 2. The fraction of sp³-hybridized carbons (Fsp3) is 0.318. The quantitative estimate of drug-likeness (QED) is 0.578. The Kier molecular flexibility index (Phi) is 5.10. The number of ether oxygens (including phenoxy) is 1. The summed E-state index contributed by atoms with van der Waals surface area (Å²) in [7, 11) is -3.53. The van der Waals surface area contributed by atoms with E-state index in [-0.39, 0.29) is 6.04 Å². The van der Waals surface area contributed by atoms with E-state index in [4.69, 9.17) is 4.74 Å². The maximum absolute atomic E-state index is 13.2. The van der Waals surface area contributed by atoms with Crippen molar-refractivity contribution in [3.63, 3.8) is 0 Å². The van der Waals surface area contributed by atoms with Gasteiger partial charge in [-0.05, 0) is 36.4 Å². The topological polar surface area (TPSA) is 66.9 Å². The lowest BCUT2D eigenvalue weighted by molar-refractivity contribution is -0.120. The van der Waals surface area contributed by atoms with Crippen molar-refractivity contribution >= 4 is 43.4 Å². The molecule has 2 aromatic carbocycles. The fourth-order valence-corrected chi connectivity index (χ4v) is 7.38. The summed E-state index contributed by atoms with van der Waals surface area (Å²) in [6.07, 6.45) is 1.49. The van der Waals surface area contributed by atoms with Crippen LogP contribution in [0.2, 0.25) is 0 Å². The van der Waals surface area contributed by atoms with Gasteiger partial charge in [-0.1, -0.05) is 36.4 Å². The molecule has 1 aromatic heterocycles. The highest BCUT2D eigenvalue weighted by Gasteiger charge is 2.37. The SMILES string of the molecule is O=CC1OCc2ccccc2N1C1CCN(S(=O)(=O)c2cc3ccccc3s2)CC1. The Bertz CT molecular complexity index is 1150. The molecule has 0 radical (unpaired) electrons. The predicted molar refractivity (Wildman–Crippen MR) is 117 cm³/mol. The van der Waals surface area contributed by atoms with Crippen LogP contribution in [0, 0.1) is 0 Å². The molecule has 5 rings (SSSR count). The molecule has 1 atom stereocenters. The maximum atomic E-state index is 13.2. The van der Waals surface area contributed by atoms with Gasteiger partial charge in [-0.25, -0.2) is 8.42 Å². The Morgan fingerprint density at radius 2 is 1.77 bits per heavy atom. The highest BCUT2D eigenvalue weighted by Crippen LogP contribution is 2.36. The van der Waals surface area contributed by atoms with E-state index in [9.17, 15) is 13.2 Å². The molecule has 0 N–H and O–H groups in total. The van der Waals surface area contributed by atoms with E-state index in [0.29, 0.717) is 36.7 Å². The number of thiophene rings is 1. The second-order valence-electron chi connectivity index (χ2n) is 7.61. The van der Waals surface area contributed by atoms with E-state index in [1.54, 1.807) is 10.4 Å². The van der Waals surface area contributed by atoms with Gasteiger partial charge in [0.2, 0.25) is 0 Å². The average Bonchev–Trinajstić information content (AvgIpc) is 3.24. The van der Waals surface area contributed by atoms with Gasteiger partial charge in [-0.15, -0.1) is 11.3 Å². The highest BCUT2D eigenvalue weighted by molar-refractivity contribution is 7.91. The van der Waals surface area contributed by atoms with E-state index in [1.807, 2.05) is 53.4 Å².